The lowest BCUT2D eigenvalue weighted by Gasteiger charge is -2.37. The minimum absolute atomic E-state index is 0.0865. The van der Waals surface area contributed by atoms with Crippen LogP contribution >= 0.6 is 23.2 Å². The molecule has 300 valence electrons. The topological polar surface area (TPSA) is 141 Å². The highest BCUT2D eigenvalue weighted by molar-refractivity contribution is 6.42. The molecule has 0 fully saturated rings. The van der Waals surface area contributed by atoms with E-state index in [2.05, 4.69) is 16.7 Å². The van der Waals surface area contributed by atoms with Gasteiger partial charge in [0.15, 0.2) is 0 Å². The Morgan fingerprint density at radius 2 is 1.55 bits per heavy atom. The second-order valence-electron chi connectivity index (χ2n) is 14.8. The van der Waals surface area contributed by atoms with Crippen molar-refractivity contribution in [1.82, 2.24) is 10.2 Å². The second-order valence-corrected chi connectivity index (χ2v) is 15.6. The van der Waals surface area contributed by atoms with Crippen LogP contribution in [0.1, 0.15) is 45.0 Å². The van der Waals surface area contributed by atoms with Crippen LogP contribution in [0.15, 0.2) is 133 Å². The lowest BCUT2D eigenvalue weighted by molar-refractivity contribution is -0.142. The number of aliphatic carboxylic acids is 1. The zero-order valence-corrected chi connectivity index (χ0v) is 33.6. The quantitative estimate of drug-likeness (QED) is 0.111. The molecule has 0 saturated carbocycles. The van der Waals surface area contributed by atoms with Crippen molar-refractivity contribution in [2.24, 2.45) is 0 Å². The number of nitriles is 1. The zero-order chi connectivity index (χ0) is 41.8. The summed E-state index contributed by atoms with van der Waals surface area (Å²) >= 11 is 12.2. The first kappa shape index (κ1) is 40.2. The predicted molar refractivity (Wildman–Crippen MR) is 229 cm³/mol. The molecule has 3 atom stereocenters. The molecule has 60 heavy (non-hydrogen) atoms. The highest BCUT2D eigenvalue weighted by atomic mass is 35.5. The maximum atomic E-state index is 14.2. The fraction of sp³-hybridized carbons (Fsp3) is 0.167. The summed E-state index contributed by atoms with van der Waals surface area (Å²) in [5.41, 5.74) is 7.98. The minimum Gasteiger partial charge on any atom is -0.489 e. The van der Waals surface area contributed by atoms with Crippen LogP contribution in [-0.4, -0.2) is 39.9 Å². The monoisotopic (exact) mass is 836 g/mol. The molecule has 2 amide bonds. The van der Waals surface area contributed by atoms with E-state index in [0.717, 1.165) is 38.9 Å². The number of nitrogens with one attached hydrogen (secondary N) is 2. The summed E-state index contributed by atoms with van der Waals surface area (Å²) < 4.78 is 12.3. The normalized spacial score (nSPS) is 16.2. The first-order valence-electron chi connectivity index (χ1n) is 19.3. The first-order valence-corrected chi connectivity index (χ1v) is 20.1. The molecule has 0 saturated heterocycles. The molecule has 3 N–H and O–H groups in total. The fourth-order valence-electron chi connectivity index (χ4n) is 7.52. The van der Waals surface area contributed by atoms with E-state index in [1.165, 1.54) is 0 Å². The SMILES string of the molecule is N#Cc1ccc(-c2ccc(CC(NC(=O)[C@@H]3Cc4cc5c(cc4CN3Cc3ccccc3)O[C@@H](c3ccc(OCc4ccc(Cl)c(Cl)c4)cc3)C(=O)N5)C(=O)O)cc2)cc1. The number of rotatable bonds is 12. The lowest BCUT2D eigenvalue weighted by atomic mass is 9.91. The van der Waals surface area contributed by atoms with Crippen molar-refractivity contribution in [1.29, 1.82) is 5.26 Å². The number of ether oxygens (including phenoxy) is 2. The summed E-state index contributed by atoms with van der Waals surface area (Å²) in [7, 11) is 0. The molecule has 0 aromatic heterocycles. The van der Waals surface area contributed by atoms with Crippen molar-refractivity contribution >= 4 is 46.7 Å². The number of halogens is 2. The fourth-order valence-corrected chi connectivity index (χ4v) is 7.84. The van der Waals surface area contributed by atoms with Crippen molar-refractivity contribution in [2.45, 2.75) is 50.7 Å². The molecule has 10 nitrogen and oxygen atoms in total. The molecule has 6 aromatic carbocycles. The molecular formula is C48H38Cl2N4O6. The molecule has 2 aliphatic heterocycles. The van der Waals surface area contributed by atoms with Gasteiger partial charge in [0, 0.05) is 25.1 Å². The number of hydrogen-bond donors (Lipinski definition) is 3. The largest absolute Gasteiger partial charge is 0.489 e. The molecular weight excluding hydrogens is 799 g/mol. The minimum atomic E-state index is -1.17. The Hall–Kier alpha value is -6.64. The number of carbonyl (C=O) groups excluding carboxylic acids is 2. The van der Waals surface area contributed by atoms with Crippen molar-refractivity contribution in [2.75, 3.05) is 5.32 Å². The molecule has 6 aromatic rings. The van der Waals surface area contributed by atoms with Crippen LogP contribution < -0.4 is 20.1 Å². The molecule has 0 radical (unpaired) electrons. The number of anilines is 1. The Morgan fingerprint density at radius 1 is 0.850 bits per heavy atom. The van der Waals surface area contributed by atoms with Gasteiger partial charge in [-0.15, -0.1) is 0 Å². The zero-order valence-electron chi connectivity index (χ0n) is 32.1. The van der Waals surface area contributed by atoms with Crippen LogP contribution in [0.4, 0.5) is 5.69 Å². The van der Waals surface area contributed by atoms with Gasteiger partial charge in [-0.2, -0.15) is 5.26 Å². The molecule has 0 aliphatic carbocycles. The van der Waals surface area contributed by atoms with Crippen molar-refractivity contribution in [3.8, 4) is 28.7 Å². The Bertz CT molecular complexity index is 2600. The van der Waals surface area contributed by atoms with Gasteiger partial charge in [0.2, 0.25) is 12.0 Å². The van der Waals surface area contributed by atoms with Gasteiger partial charge in [0.05, 0.1) is 33.4 Å². The highest BCUT2D eigenvalue weighted by Crippen LogP contribution is 2.40. The van der Waals surface area contributed by atoms with Crippen molar-refractivity contribution < 1.29 is 29.0 Å². The summed E-state index contributed by atoms with van der Waals surface area (Å²) in [6.07, 6.45) is -0.526. The van der Waals surface area contributed by atoms with E-state index in [4.69, 9.17) is 37.9 Å². The van der Waals surface area contributed by atoms with Gasteiger partial charge in [0.25, 0.3) is 5.91 Å². The Morgan fingerprint density at radius 3 is 2.23 bits per heavy atom. The summed E-state index contributed by atoms with van der Waals surface area (Å²) in [4.78, 5) is 42.2. The Labute approximate surface area is 356 Å². The third kappa shape index (κ3) is 9.14. The van der Waals surface area contributed by atoms with E-state index in [-0.39, 0.29) is 25.4 Å². The van der Waals surface area contributed by atoms with Crippen molar-refractivity contribution in [3.05, 3.63) is 182 Å². The molecule has 2 aliphatic rings. The first-order chi connectivity index (χ1) is 29.1. The number of benzene rings is 6. The number of fused-ring (bicyclic) bond motifs is 2. The van der Waals surface area contributed by atoms with Gasteiger partial charge in [-0.25, -0.2) is 4.79 Å². The second kappa shape index (κ2) is 17.7. The third-order valence-corrected chi connectivity index (χ3v) is 11.5. The predicted octanol–water partition coefficient (Wildman–Crippen LogP) is 8.92. The van der Waals surface area contributed by atoms with Crippen LogP contribution in [0.25, 0.3) is 11.1 Å². The lowest BCUT2D eigenvalue weighted by Crippen LogP contribution is -2.54. The van der Waals surface area contributed by atoms with Gasteiger partial charge in [-0.05, 0) is 93.9 Å². The van der Waals surface area contributed by atoms with Crippen LogP contribution in [0.3, 0.4) is 0 Å². The average Bonchev–Trinajstić information content (AvgIpc) is 3.26. The Balaban J connectivity index is 0.972. The molecule has 2 heterocycles. The number of nitrogens with zero attached hydrogens (tertiary/aromatic N) is 2. The maximum Gasteiger partial charge on any atom is 0.326 e. The molecule has 1 unspecified atom stereocenters. The Kier molecular flexibility index (Phi) is 11.8. The van der Waals surface area contributed by atoms with E-state index in [1.807, 2.05) is 89.8 Å². The summed E-state index contributed by atoms with van der Waals surface area (Å²) in [6, 6.07) is 41.0. The summed E-state index contributed by atoms with van der Waals surface area (Å²) in [5, 5.41) is 26.1. The molecule has 12 heteroatoms. The van der Waals surface area contributed by atoms with E-state index >= 15 is 0 Å². The van der Waals surface area contributed by atoms with E-state index in [1.54, 1.807) is 48.5 Å². The summed E-state index contributed by atoms with van der Waals surface area (Å²) in [5.74, 6) is -0.758. The van der Waals surface area contributed by atoms with Crippen LogP contribution in [0, 0.1) is 11.3 Å². The van der Waals surface area contributed by atoms with Gasteiger partial charge in [-0.1, -0.05) is 108 Å². The average molecular weight is 838 g/mol. The maximum absolute atomic E-state index is 14.2. The van der Waals surface area contributed by atoms with Gasteiger partial charge < -0.3 is 25.2 Å². The van der Waals surface area contributed by atoms with Gasteiger partial charge >= 0.3 is 5.97 Å². The van der Waals surface area contributed by atoms with Crippen LogP contribution in [-0.2, 0) is 46.9 Å². The standard InChI is InChI=1S/C48H38Cl2N4O6/c49-39-19-10-32(20-40(39)50)28-59-38-17-15-35(16-18-38)45-47(56)52-41-22-36-23-43(54(26-31-4-2-1-3-5-31)27-37(36)24-44(41)60-45)46(55)53-42(48(57)58)21-29-6-11-33(12-7-29)34-13-8-30(25-51)9-14-34/h1-20,22,24,42-43,45H,21,23,26-28H2,(H,52,56)(H,53,55)(H,57,58)/t42?,43-,45-/m0/s1. The number of carboxylic acids is 1. The van der Waals surface area contributed by atoms with Crippen LogP contribution in [0.5, 0.6) is 11.5 Å². The number of amides is 2. The number of carbonyl (C=O) groups is 3. The van der Waals surface area contributed by atoms with E-state index in [9.17, 15) is 19.5 Å². The molecule has 0 bridgehead atoms. The van der Waals surface area contributed by atoms with Crippen molar-refractivity contribution in [3.63, 3.8) is 0 Å². The van der Waals surface area contributed by atoms with Gasteiger partial charge in [-0.3, -0.25) is 14.5 Å². The van der Waals surface area contributed by atoms with Gasteiger partial charge in [0.1, 0.15) is 24.1 Å². The number of carboxylic acid groups (broad SMARTS) is 1. The van der Waals surface area contributed by atoms with E-state index < -0.39 is 30.1 Å². The highest BCUT2D eigenvalue weighted by Gasteiger charge is 2.36. The molecule has 8 rings (SSSR count). The summed E-state index contributed by atoms with van der Waals surface area (Å²) in [6.45, 7) is 1.12. The number of hydrogen-bond acceptors (Lipinski definition) is 7. The third-order valence-electron chi connectivity index (χ3n) is 10.7. The smallest absolute Gasteiger partial charge is 0.326 e. The van der Waals surface area contributed by atoms with Crippen LogP contribution in [0.2, 0.25) is 10.0 Å². The van der Waals surface area contributed by atoms with E-state index in [0.29, 0.717) is 51.4 Å². The molecule has 0 spiro atoms.